The van der Waals surface area contributed by atoms with Crippen molar-refractivity contribution in [3.8, 4) is 11.4 Å². The van der Waals surface area contributed by atoms with E-state index >= 15 is 0 Å². The fourth-order valence-electron chi connectivity index (χ4n) is 4.21. The van der Waals surface area contributed by atoms with E-state index < -0.39 is 15.9 Å². The van der Waals surface area contributed by atoms with Crippen LogP contribution in [-0.4, -0.2) is 53.3 Å². The highest BCUT2D eigenvalue weighted by atomic mass is 32.2. The van der Waals surface area contributed by atoms with Crippen molar-refractivity contribution >= 4 is 15.9 Å². The van der Waals surface area contributed by atoms with Crippen molar-refractivity contribution in [3.05, 3.63) is 65.5 Å². The summed E-state index contributed by atoms with van der Waals surface area (Å²) in [7, 11) is -3.65. The number of carbonyl (C=O) groups excluding carboxylic acids is 1. The first-order valence-corrected chi connectivity index (χ1v) is 13.0. The number of benzene rings is 2. The monoisotopic (exact) mass is 482 g/mol. The molecule has 1 saturated heterocycles. The van der Waals surface area contributed by atoms with Crippen LogP contribution in [0.15, 0.2) is 57.9 Å². The van der Waals surface area contributed by atoms with Crippen LogP contribution < -0.4 is 0 Å². The first-order chi connectivity index (χ1) is 16.3. The Labute approximate surface area is 200 Å². The Morgan fingerprint density at radius 1 is 1.15 bits per heavy atom. The molecule has 34 heavy (non-hydrogen) atoms. The van der Waals surface area contributed by atoms with Crippen molar-refractivity contribution in [3.63, 3.8) is 0 Å². The van der Waals surface area contributed by atoms with E-state index in [4.69, 9.17) is 4.52 Å². The van der Waals surface area contributed by atoms with Crippen LogP contribution >= 0.6 is 0 Å². The number of piperidine rings is 1. The van der Waals surface area contributed by atoms with Gasteiger partial charge < -0.3 is 9.42 Å². The normalized spacial score (nSPS) is 17.0. The van der Waals surface area contributed by atoms with Crippen LogP contribution in [0.3, 0.4) is 0 Å². The molecule has 1 aromatic heterocycles. The Bertz CT molecular complexity index is 1250. The van der Waals surface area contributed by atoms with Crippen LogP contribution in [0.1, 0.15) is 36.8 Å². The zero-order chi connectivity index (χ0) is 24.3. The summed E-state index contributed by atoms with van der Waals surface area (Å²) in [4.78, 5) is 19.7. The largest absolute Gasteiger partial charge is 0.337 e. The molecule has 1 aliphatic heterocycles. The number of aromatic nitrogens is 2. The van der Waals surface area contributed by atoms with Crippen molar-refractivity contribution in [2.45, 2.75) is 45.1 Å². The summed E-state index contributed by atoms with van der Waals surface area (Å²) in [5, 5.41) is 4.06. The highest BCUT2D eigenvalue weighted by molar-refractivity contribution is 7.89. The lowest BCUT2D eigenvalue weighted by atomic mass is 9.98. The van der Waals surface area contributed by atoms with Crippen LogP contribution in [-0.2, 0) is 21.4 Å². The van der Waals surface area contributed by atoms with Gasteiger partial charge in [0.1, 0.15) is 0 Å². The zero-order valence-electron chi connectivity index (χ0n) is 19.8. The van der Waals surface area contributed by atoms with E-state index in [-0.39, 0.29) is 23.9 Å². The molecule has 1 unspecified atom stereocenters. The van der Waals surface area contributed by atoms with Gasteiger partial charge >= 0.3 is 0 Å². The van der Waals surface area contributed by atoms with E-state index in [1.807, 2.05) is 45.0 Å². The number of rotatable bonds is 7. The number of sulfonamides is 1. The predicted molar refractivity (Wildman–Crippen MR) is 128 cm³/mol. The molecular formula is C25H30N4O4S. The smallest absolute Gasteiger partial charge is 0.246 e. The first-order valence-electron chi connectivity index (χ1n) is 11.5. The van der Waals surface area contributed by atoms with Crippen LogP contribution in [0.5, 0.6) is 0 Å². The second-order valence-electron chi connectivity index (χ2n) is 8.75. The molecule has 1 fully saturated rings. The summed E-state index contributed by atoms with van der Waals surface area (Å²) in [5.74, 6) is 0.330. The average molecular weight is 483 g/mol. The van der Waals surface area contributed by atoms with Gasteiger partial charge in [-0.2, -0.15) is 9.29 Å². The second kappa shape index (κ2) is 10.1. The van der Waals surface area contributed by atoms with Crippen LogP contribution in [0, 0.1) is 19.8 Å². The quantitative estimate of drug-likeness (QED) is 0.508. The lowest BCUT2D eigenvalue weighted by Gasteiger charge is -2.33. The number of amides is 1. The molecule has 8 nitrogen and oxygen atoms in total. The van der Waals surface area contributed by atoms with E-state index in [2.05, 4.69) is 10.1 Å². The van der Waals surface area contributed by atoms with Crippen LogP contribution in [0.2, 0.25) is 0 Å². The minimum absolute atomic E-state index is 0.0957. The molecule has 0 radical (unpaired) electrons. The van der Waals surface area contributed by atoms with E-state index in [1.54, 1.807) is 29.2 Å². The maximum absolute atomic E-state index is 13.3. The highest BCUT2D eigenvalue weighted by Gasteiger charge is 2.35. The molecule has 1 amide bonds. The third-order valence-electron chi connectivity index (χ3n) is 6.16. The summed E-state index contributed by atoms with van der Waals surface area (Å²) in [6, 6.07) is 14.6. The second-order valence-corrected chi connectivity index (χ2v) is 10.7. The molecule has 0 spiro atoms. The van der Waals surface area contributed by atoms with Gasteiger partial charge in [0, 0.05) is 25.2 Å². The van der Waals surface area contributed by atoms with Gasteiger partial charge in [-0.1, -0.05) is 46.6 Å². The van der Waals surface area contributed by atoms with Crippen LogP contribution in [0.4, 0.5) is 0 Å². The Morgan fingerprint density at radius 3 is 2.62 bits per heavy atom. The number of hydrogen-bond donors (Lipinski definition) is 0. The maximum atomic E-state index is 13.3. The molecule has 3 aromatic rings. The van der Waals surface area contributed by atoms with E-state index in [0.717, 1.165) is 16.7 Å². The molecule has 0 aliphatic carbocycles. The van der Waals surface area contributed by atoms with Gasteiger partial charge in [0.25, 0.3) is 0 Å². The molecule has 9 heteroatoms. The molecule has 180 valence electrons. The van der Waals surface area contributed by atoms with Crippen molar-refractivity contribution in [1.29, 1.82) is 0 Å². The predicted octanol–water partition coefficient (Wildman–Crippen LogP) is 3.80. The number of nitrogens with zero attached hydrogens (tertiary/aromatic N) is 4. The van der Waals surface area contributed by atoms with Gasteiger partial charge in [-0.25, -0.2) is 8.42 Å². The fraction of sp³-hybridized carbons (Fsp3) is 0.400. The van der Waals surface area contributed by atoms with Crippen LogP contribution in [0.25, 0.3) is 11.4 Å². The van der Waals surface area contributed by atoms with E-state index in [9.17, 15) is 13.2 Å². The fourth-order valence-corrected chi connectivity index (χ4v) is 5.73. The maximum Gasteiger partial charge on any atom is 0.246 e. The molecule has 2 aromatic carbocycles. The van der Waals surface area contributed by atoms with Gasteiger partial charge in [-0.05, 0) is 51.8 Å². The number of hydrogen-bond acceptors (Lipinski definition) is 6. The Balaban J connectivity index is 1.45. The van der Waals surface area contributed by atoms with Crippen molar-refractivity contribution in [2.24, 2.45) is 5.92 Å². The van der Waals surface area contributed by atoms with E-state index in [0.29, 0.717) is 37.6 Å². The Morgan fingerprint density at radius 2 is 1.91 bits per heavy atom. The highest BCUT2D eigenvalue weighted by Crippen LogP contribution is 2.26. The molecule has 2 heterocycles. The molecule has 0 saturated carbocycles. The molecule has 4 rings (SSSR count). The van der Waals surface area contributed by atoms with Gasteiger partial charge in [0.2, 0.25) is 27.6 Å². The Kier molecular flexibility index (Phi) is 7.13. The Hall–Kier alpha value is -3.04. The third-order valence-corrected chi connectivity index (χ3v) is 8.04. The van der Waals surface area contributed by atoms with Crippen molar-refractivity contribution in [1.82, 2.24) is 19.3 Å². The molecule has 1 aliphatic rings. The standard InChI is InChI=1S/C25H30N4O4S/c1-4-28(17-23-26-24(27-33-23)20-8-5-7-19(3)15-20)25(30)21-9-6-14-29(16-21)34(31,32)22-12-10-18(2)11-13-22/h5,7-8,10-13,15,21H,4,6,9,14,16-17H2,1-3H3. The summed E-state index contributed by atoms with van der Waals surface area (Å²) >= 11 is 0. The first kappa shape index (κ1) is 24.1. The molecular weight excluding hydrogens is 452 g/mol. The SMILES string of the molecule is CCN(Cc1nc(-c2cccc(C)c2)no1)C(=O)C1CCCN(S(=O)(=O)c2ccc(C)cc2)C1. The summed E-state index contributed by atoms with van der Waals surface area (Å²) in [6.07, 6.45) is 1.28. The summed E-state index contributed by atoms with van der Waals surface area (Å²) in [5.41, 5.74) is 2.95. The molecule has 0 bridgehead atoms. The van der Waals surface area contributed by atoms with E-state index in [1.165, 1.54) is 4.31 Å². The molecule has 0 N–H and O–H groups in total. The van der Waals surface area contributed by atoms with Crippen molar-refractivity contribution < 1.29 is 17.7 Å². The lowest BCUT2D eigenvalue weighted by molar-refractivity contribution is -0.137. The van der Waals surface area contributed by atoms with Crippen molar-refractivity contribution in [2.75, 3.05) is 19.6 Å². The number of carbonyl (C=O) groups is 1. The topological polar surface area (TPSA) is 96.6 Å². The average Bonchev–Trinajstić information content (AvgIpc) is 3.31. The van der Waals surface area contributed by atoms with Gasteiger partial charge in [-0.15, -0.1) is 0 Å². The number of aryl methyl sites for hydroxylation is 2. The third kappa shape index (κ3) is 5.20. The lowest BCUT2D eigenvalue weighted by Crippen LogP contribution is -2.46. The van der Waals surface area contributed by atoms with Gasteiger partial charge in [0.05, 0.1) is 17.4 Å². The van der Waals surface area contributed by atoms with Gasteiger partial charge in [0.15, 0.2) is 0 Å². The molecule has 1 atom stereocenters. The minimum atomic E-state index is -3.65. The summed E-state index contributed by atoms with van der Waals surface area (Å²) < 4.78 is 33.1. The zero-order valence-corrected chi connectivity index (χ0v) is 20.6. The minimum Gasteiger partial charge on any atom is -0.337 e. The van der Waals surface area contributed by atoms with Gasteiger partial charge in [-0.3, -0.25) is 4.79 Å². The summed E-state index contributed by atoms with van der Waals surface area (Å²) in [6.45, 7) is 7.03.